The molecule has 2 aromatic carbocycles. The van der Waals surface area contributed by atoms with Gasteiger partial charge in [-0.25, -0.2) is 4.57 Å². The maximum Gasteiger partial charge on any atom is 0.174 e. The molecule has 0 atom stereocenters. The lowest BCUT2D eigenvalue weighted by atomic mass is 10.0. The number of nitriles is 1. The van der Waals surface area contributed by atoms with Crippen molar-refractivity contribution in [1.82, 2.24) is 0 Å². The third-order valence-electron chi connectivity index (χ3n) is 3.25. The first-order valence-electron chi connectivity index (χ1n) is 6.23. The van der Waals surface area contributed by atoms with Crippen LogP contribution in [-0.4, -0.2) is 0 Å². The molecule has 3 rings (SSSR count). The van der Waals surface area contributed by atoms with Crippen LogP contribution >= 0.6 is 0 Å². The summed E-state index contributed by atoms with van der Waals surface area (Å²) in [6.45, 7) is 0.813. The average molecular weight is 245 g/mol. The maximum atomic E-state index is 8.80. The lowest BCUT2D eigenvalue weighted by Gasteiger charge is -2.03. The molecule has 2 heteroatoms. The fourth-order valence-corrected chi connectivity index (χ4v) is 2.26. The summed E-state index contributed by atoms with van der Waals surface area (Å²) in [5.41, 5.74) is 1.97. The molecule has 0 unspecified atom stereocenters. The molecule has 1 aromatic heterocycles. The molecule has 0 amide bonds. The minimum absolute atomic E-state index is 0.689. The molecule has 19 heavy (non-hydrogen) atoms. The van der Waals surface area contributed by atoms with Gasteiger partial charge in [-0.1, -0.05) is 42.5 Å². The van der Waals surface area contributed by atoms with Gasteiger partial charge in [-0.3, -0.25) is 0 Å². The summed E-state index contributed by atoms with van der Waals surface area (Å²) in [5.74, 6) is 0. The van der Waals surface area contributed by atoms with E-state index in [1.54, 1.807) is 0 Å². The Morgan fingerprint density at radius 1 is 0.895 bits per heavy atom. The van der Waals surface area contributed by atoms with Crippen molar-refractivity contribution in [1.29, 1.82) is 5.26 Å². The molecule has 0 bridgehead atoms. The summed E-state index contributed by atoms with van der Waals surface area (Å²) in [7, 11) is 0. The normalized spacial score (nSPS) is 10.3. The number of aromatic nitrogens is 1. The fraction of sp³-hybridized carbons (Fsp3) is 0.0588. The predicted octanol–water partition coefficient (Wildman–Crippen LogP) is 3.05. The molecule has 3 aromatic rings. The van der Waals surface area contributed by atoms with Crippen molar-refractivity contribution in [2.24, 2.45) is 0 Å². The smallest absolute Gasteiger partial charge is 0.174 e. The zero-order chi connectivity index (χ0) is 13.1. The van der Waals surface area contributed by atoms with E-state index in [1.165, 1.54) is 16.3 Å². The summed E-state index contributed by atoms with van der Waals surface area (Å²) in [6.07, 6.45) is 3.89. The van der Waals surface area contributed by atoms with E-state index in [9.17, 15) is 0 Å². The van der Waals surface area contributed by atoms with Gasteiger partial charge in [-0.05, 0) is 10.8 Å². The molecule has 0 aliphatic heterocycles. The molecule has 0 aliphatic carbocycles. The molecular formula is C17H13N2+. The Morgan fingerprint density at radius 2 is 1.63 bits per heavy atom. The van der Waals surface area contributed by atoms with Gasteiger partial charge in [0.25, 0.3) is 0 Å². The molecule has 0 radical (unpaired) electrons. The van der Waals surface area contributed by atoms with Crippen LogP contribution in [0.15, 0.2) is 67.0 Å². The van der Waals surface area contributed by atoms with Crippen LogP contribution in [0.5, 0.6) is 0 Å². The largest absolute Gasteiger partial charge is 0.201 e. The van der Waals surface area contributed by atoms with E-state index in [0.29, 0.717) is 5.56 Å². The summed E-state index contributed by atoms with van der Waals surface area (Å²) >= 11 is 0. The van der Waals surface area contributed by atoms with Crippen molar-refractivity contribution in [3.63, 3.8) is 0 Å². The van der Waals surface area contributed by atoms with E-state index < -0.39 is 0 Å². The molecule has 0 saturated carbocycles. The highest BCUT2D eigenvalue weighted by atomic mass is 14.9. The van der Waals surface area contributed by atoms with Gasteiger partial charge in [0.15, 0.2) is 18.9 Å². The third kappa shape index (κ3) is 2.31. The van der Waals surface area contributed by atoms with Crippen LogP contribution in [-0.2, 0) is 6.54 Å². The standard InChI is InChI=1S/C17H13N2/c18-12-14-8-10-19(11-9-14)13-16-6-3-5-15-4-1-2-7-17(15)16/h1-11H,13H2/q+1. The third-order valence-corrected chi connectivity index (χ3v) is 3.25. The van der Waals surface area contributed by atoms with Crippen LogP contribution in [0.2, 0.25) is 0 Å². The van der Waals surface area contributed by atoms with Crippen molar-refractivity contribution in [3.8, 4) is 6.07 Å². The molecule has 0 aliphatic rings. The zero-order valence-corrected chi connectivity index (χ0v) is 10.5. The second kappa shape index (κ2) is 4.91. The van der Waals surface area contributed by atoms with Gasteiger partial charge in [-0.15, -0.1) is 0 Å². The Hall–Kier alpha value is -2.66. The topological polar surface area (TPSA) is 27.7 Å². The summed E-state index contributed by atoms with van der Waals surface area (Å²) in [4.78, 5) is 0. The van der Waals surface area contributed by atoms with E-state index in [-0.39, 0.29) is 0 Å². The van der Waals surface area contributed by atoms with Crippen LogP contribution < -0.4 is 4.57 Å². The molecule has 1 heterocycles. The van der Waals surface area contributed by atoms with Crippen LogP contribution in [0.4, 0.5) is 0 Å². The van der Waals surface area contributed by atoms with Gasteiger partial charge in [0.2, 0.25) is 0 Å². The van der Waals surface area contributed by atoms with E-state index in [0.717, 1.165) is 6.54 Å². The molecule has 0 saturated heterocycles. The Bertz CT molecular complexity index is 747. The summed E-state index contributed by atoms with van der Waals surface area (Å²) in [5, 5.41) is 11.3. The second-order valence-electron chi connectivity index (χ2n) is 4.51. The van der Waals surface area contributed by atoms with Crippen molar-refractivity contribution in [3.05, 3.63) is 78.1 Å². The van der Waals surface area contributed by atoms with Crippen LogP contribution in [0, 0.1) is 11.3 Å². The first kappa shape index (κ1) is 11.4. The van der Waals surface area contributed by atoms with Crippen molar-refractivity contribution in [2.75, 3.05) is 0 Å². The Balaban J connectivity index is 1.99. The molecular weight excluding hydrogens is 232 g/mol. The number of fused-ring (bicyclic) bond motifs is 1. The monoisotopic (exact) mass is 245 g/mol. The number of benzene rings is 2. The summed E-state index contributed by atoms with van der Waals surface area (Å²) in [6, 6.07) is 20.6. The highest BCUT2D eigenvalue weighted by Gasteiger charge is 2.06. The van der Waals surface area contributed by atoms with Gasteiger partial charge in [0.1, 0.15) is 0 Å². The first-order valence-corrected chi connectivity index (χ1v) is 6.23. The molecule has 90 valence electrons. The second-order valence-corrected chi connectivity index (χ2v) is 4.51. The minimum Gasteiger partial charge on any atom is -0.201 e. The van der Waals surface area contributed by atoms with E-state index in [2.05, 4.69) is 53.1 Å². The molecule has 0 N–H and O–H groups in total. The SMILES string of the molecule is N#Cc1cc[n+](Cc2cccc3ccccc23)cc1. The van der Waals surface area contributed by atoms with Crippen molar-refractivity contribution >= 4 is 10.8 Å². The molecule has 0 spiro atoms. The van der Waals surface area contributed by atoms with E-state index in [4.69, 9.17) is 5.26 Å². The number of pyridine rings is 1. The van der Waals surface area contributed by atoms with Crippen LogP contribution in [0.25, 0.3) is 10.8 Å². The lowest BCUT2D eigenvalue weighted by molar-refractivity contribution is -0.688. The molecule has 2 nitrogen and oxygen atoms in total. The number of hydrogen-bond acceptors (Lipinski definition) is 1. The maximum absolute atomic E-state index is 8.80. The highest BCUT2D eigenvalue weighted by molar-refractivity contribution is 5.85. The minimum atomic E-state index is 0.689. The Kier molecular flexibility index (Phi) is 2.96. The van der Waals surface area contributed by atoms with Gasteiger partial charge < -0.3 is 0 Å². The van der Waals surface area contributed by atoms with E-state index in [1.807, 2.05) is 24.5 Å². The van der Waals surface area contributed by atoms with Gasteiger partial charge in [0, 0.05) is 17.7 Å². The van der Waals surface area contributed by atoms with Crippen molar-refractivity contribution in [2.45, 2.75) is 6.54 Å². The quantitative estimate of drug-likeness (QED) is 0.638. The zero-order valence-electron chi connectivity index (χ0n) is 10.5. The summed E-state index contributed by atoms with van der Waals surface area (Å²) < 4.78 is 2.09. The van der Waals surface area contributed by atoms with Crippen LogP contribution in [0.3, 0.4) is 0 Å². The Labute approximate surface area is 112 Å². The molecule has 0 fully saturated rings. The fourth-order valence-electron chi connectivity index (χ4n) is 2.26. The first-order chi connectivity index (χ1) is 9.36. The number of rotatable bonds is 2. The average Bonchev–Trinajstić information content (AvgIpc) is 2.48. The van der Waals surface area contributed by atoms with E-state index >= 15 is 0 Å². The van der Waals surface area contributed by atoms with Gasteiger partial charge in [0.05, 0.1) is 11.6 Å². The highest BCUT2D eigenvalue weighted by Crippen LogP contribution is 2.18. The number of nitrogens with zero attached hydrogens (tertiary/aromatic N) is 2. The lowest BCUT2D eigenvalue weighted by Crippen LogP contribution is -2.33. The van der Waals surface area contributed by atoms with Gasteiger partial charge in [-0.2, -0.15) is 5.26 Å². The Morgan fingerprint density at radius 3 is 2.42 bits per heavy atom. The predicted molar refractivity (Wildman–Crippen MR) is 74.4 cm³/mol. The van der Waals surface area contributed by atoms with Crippen LogP contribution in [0.1, 0.15) is 11.1 Å². The van der Waals surface area contributed by atoms with Crippen molar-refractivity contribution < 1.29 is 4.57 Å². The number of hydrogen-bond donors (Lipinski definition) is 0. The van der Waals surface area contributed by atoms with Gasteiger partial charge >= 0.3 is 0 Å².